The fourth-order valence-electron chi connectivity index (χ4n) is 6.35. The molecule has 1 N–H and O–H groups in total. The maximum atomic E-state index is 13.1. The van der Waals surface area contributed by atoms with Crippen molar-refractivity contribution in [2.24, 2.45) is 17.8 Å². The summed E-state index contributed by atoms with van der Waals surface area (Å²) in [6.45, 7) is 2.02. The van der Waals surface area contributed by atoms with Crippen molar-refractivity contribution in [3.8, 4) is 0 Å². The summed E-state index contributed by atoms with van der Waals surface area (Å²) >= 11 is 0. The van der Waals surface area contributed by atoms with Crippen molar-refractivity contribution >= 4 is 22.5 Å². The Morgan fingerprint density at radius 2 is 1.71 bits per heavy atom. The van der Waals surface area contributed by atoms with Crippen LogP contribution in [0.1, 0.15) is 63.4 Å². The van der Waals surface area contributed by atoms with E-state index in [2.05, 4.69) is 20.2 Å². The number of benzene rings is 1. The van der Waals surface area contributed by atoms with Gasteiger partial charge in [0.25, 0.3) is 0 Å². The molecule has 0 bridgehead atoms. The minimum atomic E-state index is -4.44. The Labute approximate surface area is 198 Å². The van der Waals surface area contributed by atoms with Gasteiger partial charge in [-0.2, -0.15) is 13.2 Å². The predicted molar refractivity (Wildman–Crippen MR) is 125 cm³/mol. The van der Waals surface area contributed by atoms with Crippen molar-refractivity contribution in [3.63, 3.8) is 0 Å². The Hall–Kier alpha value is -2.22. The number of halogens is 3. The third kappa shape index (κ3) is 5.21. The average Bonchev–Trinajstić information content (AvgIpc) is 3.34. The van der Waals surface area contributed by atoms with E-state index in [1.165, 1.54) is 63.8 Å². The summed E-state index contributed by atoms with van der Waals surface area (Å²) < 4.78 is 39.3. The van der Waals surface area contributed by atoms with Crippen molar-refractivity contribution in [2.45, 2.75) is 70.0 Å². The Morgan fingerprint density at radius 1 is 1.00 bits per heavy atom. The van der Waals surface area contributed by atoms with E-state index in [0.29, 0.717) is 23.9 Å². The third-order valence-electron chi connectivity index (χ3n) is 8.24. The van der Waals surface area contributed by atoms with E-state index in [4.69, 9.17) is 0 Å². The topological polar surface area (TPSA) is 58.1 Å². The van der Waals surface area contributed by atoms with Crippen LogP contribution in [-0.2, 0) is 11.0 Å². The Kier molecular flexibility index (Phi) is 6.78. The SMILES string of the molecule is O=C(CNc1ncnc2ccc(C(F)(F)F)cc12)CC1CN(C2CCC(C3CCCC3)CC2)C1. The number of anilines is 1. The first-order valence-corrected chi connectivity index (χ1v) is 12.7. The smallest absolute Gasteiger partial charge is 0.362 e. The first-order valence-electron chi connectivity index (χ1n) is 12.7. The highest BCUT2D eigenvalue weighted by Gasteiger charge is 2.37. The highest BCUT2D eigenvalue weighted by Crippen LogP contribution is 2.41. The maximum Gasteiger partial charge on any atom is 0.416 e. The fourth-order valence-corrected chi connectivity index (χ4v) is 6.35. The molecule has 34 heavy (non-hydrogen) atoms. The largest absolute Gasteiger partial charge is 0.416 e. The van der Waals surface area contributed by atoms with Crippen LogP contribution in [-0.4, -0.2) is 46.3 Å². The molecule has 5 rings (SSSR count). The standard InChI is InChI=1S/C26H33F3N4O/c27-26(28,29)20-7-10-24-23(12-20)25(32-16-31-24)30-13-22(34)11-17-14-33(15-17)21-8-5-19(6-9-21)18-3-1-2-4-18/h7,10,12,16-19,21H,1-6,8-9,11,13-15H2,(H,30,31,32). The monoisotopic (exact) mass is 474 g/mol. The lowest BCUT2D eigenvalue weighted by Crippen LogP contribution is -2.53. The van der Waals surface area contributed by atoms with E-state index in [-0.39, 0.29) is 23.5 Å². The van der Waals surface area contributed by atoms with Gasteiger partial charge in [-0.05, 0) is 61.6 Å². The van der Waals surface area contributed by atoms with Crippen molar-refractivity contribution in [1.29, 1.82) is 0 Å². The quantitative estimate of drug-likeness (QED) is 0.558. The zero-order valence-electron chi connectivity index (χ0n) is 19.5. The number of carbonyl (C=O) groups is 1. The number of carbonyl (C=O) groups excluding carboxylic acids is 1. The van der Waals surface area contributed by atoms with Crippen LogP contribution in [0.5, 0.6) is 0 Å². The van der Waals surface area contributed by atoms with Crippen LogP contribution in [0, 0.1) is 17.8 Å². The lowest BCUT2D eigenvalue weighted by Gasteiger charge is -2.47. The number of hydrogen-bond donors (Lipinski definition) is 1. The number of nitrogens with one attached hydrogen (secondary N) is 1. The molecular formula is C26H33F3N4O. The van der Waals surface area contributed by atoms with Gasteiger partial charge in [-0.25, -0.2) is 9.97 Å². The number of aromatic nitrogens is 2. The van der Waals surface area contributed by atoms with Gasteiger partial charge in [0.05, 0.1) is 17.6 Å². The Bertz CT molecular complexity index is 1010. The van der Waals surface area contributed by atoms with E-state index >= 15 is 0 Å². The van der Waals surface area contributed by atoms with Gasteiger partial charge in [0.1, 0.15) is 12.1 Å². The number of Topliss-reactive ketones (excluding diaryl/α,β-unsaturated/α-hetero) is 1. The molecule has 2 aliphatic carbocycles. The van der Waals surface area contributed by atoms with Gasteiger partial charge in [-0.3, -0.25) is 9.69 Å². The average molecular weight is 475 g/mol. The second-order valence-corrected chi connectivity index (χ2v) is 10.5. The minimum Gasteiger partial charge on any atom is -0.362 e. The molecule has 0 amide bonds. The fraction of sp³-hybridized carbons (Fsp3) is 0.654. The number of alkyl halides is 3. The number of likely N-dealkylation sites (tertiary alicyclic amines) is 1. The molecule has 1 aromatic carbocycles. The number of nitrogens with zero attached hydrogens (tertiary/aromatic N) is 3. The van der Waals surface area contributed by atoms with Crippen molar-refractivity contribution in [2.75, 3.05) is 25.0 Å². The van der Waals surface area contributed by atoms with Crippen molar-refractivity contribution in [3.05, 3.63) is 30.1 Å². The highest BCUT2D eigenvalue weighted by atomic mass is 19.4. The van der Waals surface area contributed by atoms with Gasteiger partial charge < -0.3 is 5.32 Å². The van der Waals surface area contributed by atoms with Crippen LogP contribution in [0.4, 0.5) is 19.0 Å². The number of hydrogen-bond acceptors (Lipinski definition) is 5. The van der Waals surface area contributed by atoms with Crippen molar-refractivity contribution < 1.29 is 18.0 Å². The molecular weight excluding hydrogens is 441 g/mol. The van der Waals surface area contributed by atoms with Crippen LogP contribution >= 0.6 is 0 Å². The summed E-state index contributed by atoms with van der Waals surface area (Å²) in [6.07, 6.45) is 8.39. The van der Waals surface area contributed by atoms with E-state index in [1.54, 1.807) is 0 Å². The second-order valence-electron chi connectivity index (χ2n) is 10.5. The molecule has 0 atom stereocenters. The molecule has 1 aromatic heterocycles. The van der Waals surface area contributed by atoms with Crippen LogP contribution in [0.25, 0.3) is 10.9 Å². The molecule has 3 aliphatic rings. The van der Waals surface area contributed by atoms with Crippen molar-refractivity contribution in [1.82, 2.24) is 14.9 Å². The highest BCUT2D eigenvalue weighted by molar-refractivity contribution is 5.91. The van der Waals surface area contributed by atoms with Crippen LogP contribution in [0.15, 0.2) is 24.5 Å². The van der Waals surface area contributed by atoms with E-state index in [9.17, 15) is 18.0 Å². The summed E-state index contributed by atoms with van der Waals surface area (Å²) in [5.41, 5.74) is -0.341. The number of rotatable bonds is 7. The second kappa shape index (κ2) is 9.80. The lowest BCUT2D eigenvalue weighted by molar-refractivity contribution is -0.137. The molecule has 0 radical (unpaired) electrons. The van der Waals surface area contributed by atoms with E-state index in [0.717, 1.165) is 37.1 Å². The molecule has 1 aliphatic heterocycles. The molecule has 0 unspecified atom stereocenters. The predicted octanol–water partition coefficient (Wildman–Crippen LogP) is 5.70. The van der Waals surface area contributed by atoms with Gasteiger partial charge in [0.2, 0.25) is 0 Å². The van der Waals surface area contributed by atoms with E-state index in [1.807, 2.05) is 0 Å². The number of fused-ring (bicyclic) bond motifs is 1. The summed E-state index contributed by atoms with van der Waals surface area (Å²) in [7, 11) is 0. The molecule has 2 aromatic rings. The molecule has 2 saturated carbocycles. The normalized spacial score (nSPS) is 24.9. The molecule has 0 spiro atoms. The van der Waals surface area contributed by atoms with Crippen LogP contribution < -0.4 is 5.32 Å². The Balaban J connectivity index is 1.08. The molecule has 184 valence electrons. The molecule has 3 fully saturated rings. The van der Waals surface area contributed by atoms with Gasteiger partial charge in [-0.15, -0.1) is 0 Å². The summed E-state index contributed by atoms with van der Waals surface area (Å²) in [4.78, 5) is 23.2. The molecule has 8 heteroatoms. The van der Waals surface area contributed by atoms with Crippen LogP contribution in [0.3, 0.4) is 0 Å². The zero-order valence-corrected chi connectivity index (χ0v) is 19.5. The zero-order chi connectivity index (χ0) is 23.7. The van der Waals surface area contributed by atoms with Crippen LogP contribution in [0.2, 0.25) is 0 Å². The first kappa shape index (κ1) is 23.5. The third-order valence-corrected chi connectivity index (χ3v) is 8.24. The summed E-state index contributed by atoms with van der Waals surface area (Å²) in [5.74, 6) is 2.61. The van der Waals surface area contributed by atoms with E-state index < -0.39 is 11.7 Å². The number of ketones is 1. The van der Waals surface area contributed by atoms with Gasteiger partial charge in [0, 0.05) is 30.9 Å². The summed E-state index contributed by atoms with van der Waals surface area (Å²) in [6, 6.07) is 4.05. The molecule has 5 nitrogen and oxygen atoms in total. The van der Waals surface area contributed by atoms with Gasteiger partial charge >= 0.3 is 6.18 Å². The van der Waals surface area contributed by atoms with Gasteiger partial charge in [-0.1, -0.05) is 25.7 Å². The molecule has 2 heterocycles. The lowest BCUT2D eigenvalue weighted by atomic mass is 9.76. The molecule has 1 saturated heterocycles. The maximum absolute atomic E-state index is 13.1. The first-order chi connectivity index (χ1) is 16.4. The summed E-state index contributed by atoms with van der Waals surface area (Å²) in [5, 5.41) is 3.22. The Morgan fingerprint density at radius 3 is 2.41 bits per heavy atom. The van der Waals surface area contributed by atoms with Gasteiger partial charge in [0.15, 0.2) is 5.78 Å². The minimum absolute atomic E-state index is 0.0609.